The number of allylic oxidation sites excluding steroid dienone is 3. The summed E-state index contributed by atoms with van der Waals surface area (Å²) in [7, 11) is 0. The normalized spacial score (nSPS) is 13.0. The molecule has 1 aromatic carbocycles. The van der Waals surface area contributed by atoms with Gasteiger partial charge in [-0.15, -0.1) is 0 Å². The summed E-state index contributed by atoms with van der Waals surface area (Å²) >= 11 is 1.73. The van der Waals surface area contributed by atoms with E-state index in [2.05, 4.69) is 91.9 Å². The summed E-state index contributed by atoms with van der Waals surface area (Å²) < 4.78 is 0. The van der Waals surface area contributed by atoms with E-state index in [-0.39, 0.29) is 12.0 Å². The van der Waals surface area contributed by atoms with Gasteiger partial charge in [0, 0.05) is 12.0 Å². The highest BCUT2D eigenvalue weighted by molar-refractivity contribution is 7.08. The third-order valence-electron chi connectivity index (χ3n) is 4.66. The minimum Gasteiger partial charge on any atom is -0.396 e. The lowest BCUT2D eigenvalue weighted by atomic mass is 9.97. The standard InChI is InChI=1S/C27H34OS/c1-27(2,3)18-10-6-9-14-24(21-28)13-8-5-4-7-12-23-15-11-16-25(20-23)26-17-19-29-22-26/h6-7,9,11-12,15-17,19-20,22,24,28H,4-5,8,13-14,21H2,1-3H3. The molecule has 0 saturated carbocycles. The number of unbranched alkanes of at least 4 members (excludes halogenated alkanes) is 2. The molecule has 154 valence electrons. The Morgan fingerprint density at radius 2 is 1.97 bits per heavy atom. The fourth-order valence-electron chi connectivity index (χ4n) is 3.03. The van der Waals surface area contributed by atoms with Gasteiger partial charge in [-0.25, -0.2) is 0 Å². The van der Waals surface area contributed by atoms with E-state index in [4.69, 9.17) is 0 Å². The average molecular weight is 407 g/mol. The van der Waals surface area contributed by atoms with Crippen LogP contribution in [0.3, 0.4) is 0 Å². The first-order valence-electron chi connectivity index (χ1n) is 10.6. The van der Waals surface area contributed by atoms with Crippen molar-refractivity contribution in [3.63, 3.8) is 0 Å². The highest BCUT2D eigenvalue weighted by atomic mass is 32.1. The summed E-state index contributed by atoms with van der Waals surface area (Å²) in [6, 6.07) is 10.9. The predicted octanol–water partition coefficient (Wildman–Crippen LogP) is 7.59. The van der Waals surface area contributed by atoms with Gasteiger partial charge in [-0.1, -0.05) is 54.7 Å². The van der Waals surface area contributed by atoms with Crippen LogP contribution in [-0.4, -0.2) is 11.7 Å². The highest BCUT2D eigenvalue weighted by Crippen LogP contribution is 2.23. The summed E-state index contributed by atoms with van der Waals surface area (Å²) in [5.41, 5.74) is 3.86. The Balaban J connectivity index is 1.68. The van der Waals surface area contributed by atoms with Crippen molar-refractivity contribution in [1.29, 1.82) is 0 Å². The molecular weight excluding hydrogens is 372 g/mol. The molecule has 1 heterocycles. The third-order valence-corrected chi connectivity index (χ3v) is 5.34. The van der Waals surface area contributed by atoms with Crippen LogP contribution in [0.1, 0.15) is 58.4 Å². The van der Waals surface area contributed by atoms with Gasteiger partial charge in [0.15, 0.2) is 0 Å². The number of aliphatic hydroxyl groups is 1. The minimum atomic E-state index is 0.0411. The van der Waals surface area contributed by atoms with Gasteiger partial charge in [-0.2, -0.15) is 11.3 Å². The first-order valence-corrected chi connectivity index (χ1v) is 11.5. The fourth-order valence-corrected chi connectivity index (χ4v) is 3.69. The SMILES string of the molecule is CC(C)(C)C#CC=CCC(CO)CCCCC=Cc1cccc(-c2ccsc2)c1. The van der Waals surface area contributed by atoms with Crippen LogP contribution in [0.4, 0.5) is 0 Å². The van der Waals surface area contributed by atoms with E-state index in [1.165, 1.54) is 16.7 Å². The minimum absolute atomic E-state index is 0.0411. The molecule has 2 rings (SSSR count). The second kappa shape index (κ2) is 12.5. The predicted molar refractivity (Wildman–Crippen MR) is 129 cm³/mol. The molecule has 0 fully saturated rings. The van der Waals surface area contributed by atoms with E-state index in [9.17, 15) is 5.11 Å². The lowest BCUT2D eigenvalue weighted by molar-refractivity contribution is 0.217. The lowest BCUT2D eigenvalue weighted by Crippen LogP contribution is -2.04. The zero-order valence-corrected chi connectivity index (χ0v) is 18.8. The van der Waals surface area contributed by atoms with E-state index in [1.54, 1.807) is 11.3 Å². The Labute approximate surface area is 181 Å². The van der Waals surface area contributed by atoms with Crippen LogP contribution in [0.25, 0.3) is 17.2 Å². The first-order chi connectivity index (χ1) is 14.0. The number of hydrogen-bond acceptors (Lipinski definition) is 2. The van der Waals surface area contributed by atoms with Crippen molar-refractivity contribution < 1.29 is 5.11 Å². The number of rotatable bonds is 10. The van der Waals surface area contributed by atoms with Crippen molar-refractivity contribution >= 4 is 17.4 Å². The number of hydrogen-bond donors (Lipinski definition) is 1. The van der Waals surface area contributed by atoms with E-state index in [1.807, 2.05) is 6.08 Å². The van der Waals surface area contributed by atoms with Crippen molar-refractivity contribution in [2.75, 3.05) is 6.61 Å². The molecule has 0 radical (unpaired) electrons. The molecule has 1 aromatic heterocycles. The molecule has 0 aliphatic heterocycles. The van der Waals surface area contributed by atoms with E-state index >= 15 is 0 Å². The smallest absolute Gasteiger partial charge is 0.0462 e. The van der Waals surface area contributed by atoms with Crippen LogP contribution in [0.2, 0.25) is 0 Å². The molecule has 1 atom stereocenters. The maximum Gasteiger partial charge on any atom is 0.0462 e. The summed E-state index contributed by atoms with van der Waals surface area (Å²) in [5.74, 6) is 6.64. The first kappa shape index (κ1) is 23.2. The molecule has 0 spiro atoms. The van der Waals surface area contributed by atoms with Gasteiger partial charge in [0.05, 0.1) is 0 Å². The quantitative estimate of drug-likeness (QED) is 0.318. The van der Waals surface area contributed by atoms with Crippen LogP contribution in [-0.2, 0) is 0 Å². The molecule has 1 unspecified atom stereocenters. The van der Waals surface area contributed by atoms with Gasteiger partial charge in [0.25, 0.3) is 0 Å². The topological polar surface area (TPSA) is 20.2 Å². The third kappa shape index (κ3) is 9.79. The van der Waals surface area contributed by atoms with E-state index < -0.39 is 0 Å². The summed E-state index contributed by atoms with van der Waals surface area (Å²) in [6.07, 6.45) is 13.9. The van der Waals surface area contributed by atoms with Crippen LogP contribution >= 0.6 is 11.3 Å². The maximum absolute atomic E-state index is 9.58. The van der Waals surface area contributed by atoms with Crippen LogP contribution in [0.5, 0.6) is 0 Å². The Morgan fingerprint density at radius 3 is 2.69 bits per heavy atom. The molecule has 0 aliphatic rings. The average Bonchev–Trinajstić information content (AvgIpc) is 3.23. The molecule has 0 aliphatic carbocycles. The zero-order valence-electron chi connectivity index (χ0n) is 18.0. The zero-order chi connectivity index (χ0) is 21.0. The monoisotopic (exact) mass is 406 g/mol. The highest BCUT2D eigenvalue weighted by Gasteiger charge is 2.05. The molecule has 2 heteroatoms. The van der Waals surface area contributed by atoms with Gasteiger partial charge >= 0.3 is 0 Å². The number of aliphatic hydroxyl groups excluding tert-OH is 1. The summed E-state index contributed by atoms with van der Waals surface area (Å²) in [4.78, 5) is 0. The second-order valence-electron chi connectivity index (χ2n) is 8.53. The van der Waals surface area contributed by atoms with Crippen molar-refractivity contribution in [1.82, 2.24) is 0 Å². The molecule has 1 nitrogen and oxygen atoms in total. The van der Waals surface area contributed by atoms with Gasteiger partial charge in [-0.3, -0.25) is 0 Å². The Bertz CT molecular complexity index is 825. The molecule has 1 N–H and O–H groups in total. The van der Waals surface area contributed by atoms with Gasteiger partial charge in [0.2, 0.25) is 0 Å². The maximum atomic E-state index is 9.58. The molecule has 0 saturated heterocycles. The van der Waals surface area contributed by atoms with E-state index in [0.29, 0.717) is 5.92 Å². The molecular formula is C27H34OS. The van der Waals surface area contributed by atoms with Crippen molar-refractivity contribution in [2.45, 2.75) is 52.9 Å². The van der Waals surface area contributed by atoms with Gasteiger partial charge in [0.1, 0.15) is 0 Å². The van der Waals surface area contributed by atoms with Crippen molar-refractivity contribution in [2.24, 2.45) is 11.3 Å². The van der Waals surface area contributed by atoms with Crippen LogP contribution < -0.4 is 0 Å². The van der Waals surface area contributed by atoms with Crippen LogP contribution in [0.15, 0.2) is 59.3 Å². The van der Waals surface area contributed by atoms with Crippen molar-refractivity contribution in [3.8, 4) is 23.0 Å². The Kier molecular flexibility index (Phi) is 9.98. The van der Waals surface area contributed by atoms with Gasteiger partial charge < -0.3 is 5.11 Å². The molecule has 29 heavy (non-hydrogen) atoms. The Hall–Kier alpha value is -2.08. The lowest BCUT2D eigenvalue weighted by Gasteiger charge is -2.10. The summed E-state index contributed by atoms with van der Waals surface area (Å²) in [5, 5.41) is 13.9. The van der Waals surface area contributed by atoms with E-state index in [0.717, 1.165) is 32.1 Å². The second-order valence-corrected chi connectivity index (χ2v) is 9.31. The Morgan fingerprint density at radius 1 is 1.10 bits per heavy atom. The summed E-state index contributed by atoms with van der Waals surface area (Å²) in [6.45, 7) is 6.58. The number of benzene rings is 1. The largest absolute Gasteiger partial charge is 0.396 e. The number of thiophene rings is 1. The molecule has 0 bridgehead atoms. The molecule has 2 aromatic rings. The molecule has 0 amide bonds. The van der Waals surface area contributed by atoms with Crippen LogP contribution in [0, 0.1) is 23.2 Å². The van der Waals surface area contributed by atoms with Gasteiger partial charge in [-0.05, 0) is 98.0 Å². The van der Waals surface area contributed by atoms with Crippen molar-refractivity contribution in [3.05, 3.63) is 64.9 Å². The fraction of sp³-hybridized carbons (Fsp3) is 0.407.